The molecule has 2 aromatic carbocycles. The van der Waals surface area contributed by atoms with Crippen molar-refractivity contribution in [2.24, 2.45) is 11.3 Å². The van der Waals surface area contributed by atoms with Gasteiger partial charge in [-0.1, -0.05) is 20.8 Å². The smallest absolute Gasteiger partial charge is 0.270 e. The van der Waals surface area contributed by atoms with Gasteiger partial charge in [0.15, 0.2) is 0 Å². The van der Waals surface area contributed by atoms with Gasteiger partial charge in [0.2, 0.25) is 0 Å². The largest absolute Gasteiger partial charge is 0.464 e. The average molecular weight is 548 g/mol. The van der Waals surface area contributed by atoms with E-state index >= 15 is 0 Å². The molecule has 8 nitrogen and oxygen atoms in total. The second-order valence-electron chi connectivity index (χ2n) is 9.25. The Hall–Kier alpha value is -2.66. The lowest BCUT2D eigenvalue weighted by atomic mass is 9.84. The highest BCUT2D eigenvalue weighted by atomic mass is 127. The van der Waals surface area contributed by atoms with Gasteiger partial charge in [0, 0.05) is 9.13 Å². The summed E-state index contributed by atoms with van der Waals surface area (Å²) in [7, 11) is 0. The molecule has 0 unspecified atom stereocenters. The van der Waals surface area contributed by atoms with Crippen molar-refractivity contribution < 1.29 is 9.21 Å². The number of nitrogens with one attached hydrogen (secondary N) is 2. The molecule has 3 aromatic rings. The lowest BCUT2D eigenvalue weighted by Crippen LogP contribution is -2.39. The summed E-state index contributed by atoms with van der Waals surface area (Å²) in [6.07, 6.45) is 0. The van der Waals surface area contributed by atoms with E-state index in [1.54, 1.807) is 6.07 Å². The molecule has 0 fully saturated rings. The molecule has 1 aliphatic heterocycles. The molecule has 0 bridgehead atoms. The minimum Gasteiger partial charge on any atom is -0.464 e. The number of nitrogens with two attached hydrogens (primary N) is 1. The molecule has 4 rings (SSSR count). The molecule has 0 radical (unpaired) electrons. The lowest BCUT2D eigenvalue weighted by molar-refractivity contribution is 0.0779. The Morgan fingerprint density at radius 1 is 1.12 bits per heavy atom. The quantitative estimate of drug-likeness (QED) is 0.192. The Morgan fingerprint density at radius 3 is 2.38 bits per heavy atom. The highest BCUT2D eigenvalue weighted by molar-refractivity contribution is 14.1. The van der Waals surface area contributed by atoms with E-state index in [-0.39, 0.29) is 28.7 Å². The minimum atomic E-state index is -0.630. The molecular formula is C23H25IN4O4. The highest BCUT2D eigenvalue weighted by Gasteiger charge is 2.35. The van der Waals surface area contributed by atoms with Gasteiger partial charge in [-0.3, -0.25) is 19.4 Å². The SMILES string of the molecule is Cc1cc([C@H](Nc2c(Nc3ccc(I)c4c3C(=O)N(N)C4)c(=O)c2=O)C(C)(C)C)oc1C. The van der Waals surface area contributed by atoms with Crippen LogP contribution in [0.1, 0.15) is 59.8 Å². The lowest BCUT2D eigenvalue weighted by Gasteiger charge is -2.31. The van der Waals surface area contributed by atoms with Crippen molar-refractivity contribution >= 4 is 45.6 Å². The van der Waals surface area contributed by atoms with Crippen LogP contribution in [-0.2, 0) is 6.54 Å². The Morgan fingerprint density at radius 2 is 1.78 bits per heavy atom. The molecule has 9 heteroatoms. The third kappa shape index (κ3) is 3.62. The van der Waals surface area contributed by atoms with Crippen molar-refractivity contribution in [2.75, 3.05) is 10.6 Å². The number of anilines is 3. The highest BCUT2D eigenvalue weighted by Crippen LogP contribution is 2.39. The first-order chi connectivity index (χ1) is 14.9. The second-order valence-corrected chi connectivity index (χ2v) is 10.4. The van der Waals surface area contributed by atoms with Gasteiger partial charge in [-0.15, -0.1) is 0 Å². The molecule has 1 aliphatic rings. The maximum atomic E-state index is 12.6. The van der Waals surface area contributed by atoms with Crippen LogP contribution >= 0.6 is 22.6 Å². The van der Waals surface area contributed by atoms with Crippen LogP contribution in [-0.4, -0.2) is 10.9 Å². The number of halogens is 1. The first-order valence-electron chi connectivity index (χ1n) is 10.2. The summed E-state index contributed by atoms with van der Waals surface area (Å²) < 4.78 is 6.83. The van der Waals surface area contributed by atoms with E-state index in [2.05, 4.69) is 33.2 Å². The van der Waals surface area contributed by atoms with E-state index in [0.717, 1.165) is 25.5 Å². The van der Waals surface area contributed by atoms with Gasteiger partial charge in [-0.05, 0) is 65.6 Å². The maximum Gasteiger partial charge on any atom is 0.270 e. The molecule has 0 saturated heterocycles. The summed E-state index contributed by atoms with van der Waals surface area (Å²) in [5.74, 6) is 6.97. The zero-order chi connectivity index (χ0) is 23.5. The summed E-state index contributed by atoms with van der Waals surface area (Å²) in [4.78, 5) is 37.5. The molecule has 1 aromatic heterocycles. The van der Waals surface area contributed by atoms with Gasteiger partial charge < -0.3 is 15.1 Å². The van der Waals surface area contributed by atoms with E-state index in [4.69, 9.17) is 10.3 Å². The number of rotatable bonds is 5. The van der Waals surface area contributed by atoms with Crippen molar-refractivity contribution in [3.63, 3.8) is 0 Å². The number of fused-ring (bicyclic) bond motifs is 1. The predicted octanol–water partition coefficient (Wildman–Crippen LogP) is 3.87. The van der Waals surface area contributed by atoms with Gasteiger partial charge >= 0.3 is 0 Å². The number of aryl methyl sites for hydroxylation is 2. The van der Waals surface area contributed by atoms with Crippen LogP contribution in [0.15, 0.2) is 32.2 Å². The topological polar surface area (TPSA) is 118 Å². The number of carbonyl (C=O) groups is 1. The summed E-state index contributed by atoms with van der Waals surface area (Å²) in [5.41, 5.74) is 1.45. The zero-order valence-electron chi connectivity index (χ0n) is 18.6. The van der Waals surface area contributed by atoms with Crippen molar-refractivity contribution in [1.82, 2.24) is 5.01 Å². The normalized spacial score (nSPS) is 14.7. The number of hydrogen-bond donors (Lipinski definition) is 3. The van der Waals surface area contributed by atoms with Crippen molar-refractivity contribution in [2.45, 2.75) is 47.2 Å². The second kappa shape index (κ2) is 7.73. The van der Waals surface area contributed by atoms with Crippen molar-refractivity contribution in [3.05, 3.63) is 70.4 Å². The van der Waals surface area contributed by atoms with Crippen LogP contribution in [0.25, 0.3) is 0 Å². The molecule has 0 aliphatic carbocycles. The maximum absolute atomic E-state index is 12.6. The van der Waals surface area contributed by atoms with E-state index in [0.29, 0.717) is 23.6 Å². The molecule has 168 valence electrons. The molecule has 4 N–H and O–H groups in total. The summed E-state index contributed by atoms with van der Waals surface area (Å²) in [6.45, 7) is 10.2. The predicted molar refractivity (Wildman–Crippen MR) is 132 cm³/mol. The summed E-state index contributed by atoms with van der Waals surface area (Å²) in [6, 6.07) is 5.16. The van der Waals surface area contributed by atoms with Gasteiger partial charge in [-0.2, -0.15) is 0 Å². The monoisotopic (exact) mass is 548 g/mol. The van der Waals surface area contributed by atoms with E-state index in [1.165, 1.54) is 0 Å². The van der Waals surface area contributed by atoms with Crippen LogP contribution in [0.5, 0.6) is 0 Å². The first-order valence-corrected chi connectivity index (χ1v) is 11.3. The molecule has 2 heterocycles. The number of benzene rings is 1. The van der Waals surface area contributed by atoms with E-state index in [1.807, 2.05) is 46.8 Å². The number of carbonyl (C=O) groups excluding carboxylic acids is 1. The number of furan rings is 1. The van der Waals surface area contributed by atoms with E-state index < -0.39 is 10.9 Å². The standard InChI is InChI=1S/C23H25IN4O4/c1-10-8-15(32-11(10)2)21(23(3,4)5)27-18-17(19(29)20(18)30)26-14-7-6-13(24)12-9-28(25)22(31)16(12)14/h6-8,21,26-27H,9,25H2,1-5H3/t21-/m0/s1. The summed E-state index contributed by atoms with van der Waals surface area (Å²) >= 11 is 2.15. The molecule has 32 heavy (non-hydrogen) atoms. The Balaban J connectivity index is 1.72. The molecule has 0 spiro atoms. The molecule has 1 atom stereocenters. The number of hydrogen-bond acceptors (Lipinski definition) is 7. The van der Waals surface area contributed by atoms with Crippen molar-refractivity contribution in [1.29, 1.82) is 0 Å². The van der Waals surface area contributed by atoms with Gasteiger partial charge in [0.1, 0.15) is 22.9 Å². The fraction of sp³-hybridized carbons (Fsp3) is 0.348. The van der Waals surface area contributed by atoms with Crippen LogP contribution in [0.4, 0.5) is 17.1 Å². The fourth-order valence-corrected chi connectivity index (χ4v) is 4.52. The Bertz CT molecular complexity index is 1290. The average Bonchev–Trinajstić information content (AvgIpc) is 3.20. The van der Waals surface area contributed by atoms with Crippen molar-refractivity contribution in [3.8, 4) is 0 Å². The molecule has 1 amide bonds. The van der Waals surface area contributed by atoms with Gasteiger partial charge in [0.25, 0.3) is 16.8 Å². The van der Waals surface area contributed by atoms with Crippen LogP contribution in [0.2, 0.25) is 0 Å². The number of hydrazine groups is 1. The molecular weight excluding hydrogens is 523 g/mol. The van der Waals surface area contributed by atoms with Crippen LogP contribution in [0.3, 0.4) is 0 Å². The Labute approximate surface area is 199 Å². The first kappa shape index (κ1) is 22.5. The minimum absolute atomic E-state index is 0.135. The third-order valence-corrected chi connectivity index (χ3v) is 6.86. The third-order valence-electron chi connectivity index (χ3n) is 5.85. The fourth-order valence-electron chi connectivity index (χ4n) is 3.90. The Kier molecular flexibility index (Phi) is 5.44. The summed E-state index contributed by atoms with van der Waals surface area (Å²) in [5, 5.41) is 7.39. The van der Waals surface area contributed by atoms with Gasteiger partial charge in [-0.25, -0.2) is 5.84 Å². The number of nitrogens with zero attached hydrogens (tertiary/aromatic N) is 1. The van der Waals surface area contributed by atoms with Crippen LogP contribution in [0, 0.1) is 22.8 Å². The van der Waals surface area contributed by atoms with Gasteiger partial charge in [0.05, 0.1) is 23.8 Å². The van der Waals surface area contributed by atoms with E-state index in [9.17, 15) is 14.4 Å². The number of amides is 1. The van der Waals surface area contributed by atoms with Crippen LogP contribution < -0.4 is 27.3 Å². The zero-order valence-corrected chi connectivity index (χ0v) is 20.7. The molecule has 0 saturated carbocycles.